The van der Waals surface area contributed by atoms with Crippen molar-refractivity contribution in [1.82, 2.24) is 10.2 Å². The zero-order chi connectivity index (χ0) is 17.6. The minimum atomic E-state index is -0.0646. The minimum Gasteiger partial charge on any atom is -0.508 e. The summed E-state index contributed by atoms with van der Waals surface area (Å²) in [4.78, 5) is 17.2. The van der Waals surface area contributed by atoms with Crippen molar-refractivity contribution in [2.24, 2.45) is 0 Å². The van der Waals surface area contributed by atoms with Gasteiger partial charge in [0, 0.05) is 37.9 Å². The van der Waals surface area contributed by atoms with Crippen LogP contribution in [0.5, 0.6) is 5.75 Å². The second-order valence-electron chi connectivity index (χ2n) is 7.41. The number of nitrogens with one attached hydrogen (secondary N) is 1. The average molecular weight is 345 g/mol. The van der Waals surface area contributed by atoms with Gasteiger partial charge in [0.05, 0.1) is 6.04 Å². The van der Waals surface area contributed by atoms with E-state index < -0.39 is 0 Å². The first-order valence-electron chi connectivity index (χ1n) is 9.72. The van der Waals surface area contributed by atoms with Crippen molar-refractivity contribution in [1.29, 1.82) is 0 Å². The zero-order valence-electron chi connectivity index (χ0n) is 15.3. The summed E-state index contributed by atoms with van der Waals surface area (Å²) in [6, 6.07) is 7.66. The molecule has 1 aliphatic carbocycles. The Morgan fingerprint density at radius 1 is 1.04 bits per heavy atom. The predicted molar refractivity (Wildman–Crippen MR) is 101 cm³/mol. The largest absolute Gasteiger partial charge is 0.508 e. The maximum absolute atomic E-state index is 12.6. The molecule has 138 valence electrons. The fourth-order valence-corrected chi connectivity index (χ4v) is 3.94. The maximum atomic E-state index is 12.6. The van der Waals surface area contributed by atoms with E-state index in [1.807, 2.05) is 19.1 Å². The molecule has 3 rings (SSSR count). The molecule has 1 amide bonds. The Balaban J connectivity index is 1.48. The number of rotatable bonds is 4. The average Bonchev–Trinajstić information content (AvgIpc) is 2.90. The lowest BCUT2D eigenvalue weighted by molar-refractivity contribution is -0.126. The van der Waals surface area contributed by atoms with E-state index in [2.05, 4.69) is 15.1 Å². The van der Waals surface area contributed by atoms with Crippen LogP contribution < -0.4 is 10.2 Å². The molecule has 0 bridgehead atoms. The van der Waals surface area contributed by atoms with Gasteiger partial charge in [-0.15, -0.1) is 0 Å². The lowest BCUT2D eigenvalue weighted by Crippen LogP contribution is -2.55. The van der Waals surface area contributed by atoms with Crippen molar-refractivity contribution < 1.29 is 9.90 Å². The van der Waals surface area contributed by atoms with E-state index in [1.54, 1.807) is 12.1 Å². The van der Waals surface area contributed by atoms with Crippen LogP contribution in [0.1, 0.15) is 45.4 Å². The summed E-state index contributed by atoms with van der Waals surface area (Å²) < 4.78 is 0. The third-order valence-electron chi connectivity index (χ3n) is 5.66. The summed E-state index contributed by atoms with van der Waals surface area (Å²) in [5.41, 5.74) is 1.13. The molecule has 0 radical (unpaired) electrons. The molecule has 0 spiro atoms. The molecule has 2 aliphatic rings. The molecule has 1 saturated carbocycles. The van der Waals surface area contributed by atoms with Gasteiger partial charge in [-0.05, 0) is 44.0 Å². The highest BCUT2D eigenvalue weighted by Crippen LogP contribution is 2.21. The number of phenols is 1. The fraction of sp³-hybridized carbons (Fsp3) is 0.650. The summed E-state index contributed by atoms with van der Waals surface area (Å²) in [5, 5.41) is 12.7. The van der Waals surface area contributed by atoms with E-state index in [1.165, 1.54) is 25.7 Å². The highest BCUT2D eigenvalue weighted by Gasteiger charge is 2.27. The Morgan fingerprint density at radius 3 is 2.24 bits per heavy atom. The lowest BCUT2D eigenvalue weighted by atomic mass is 10.1. The molecule has 2 N–H and O–H groups in total. The van der Waals surface area contributed by atoms with Crippen LogP contribution in [-0.2, 0) is 4.79 Å². The van der Waals surface area contributed by atoms with Crippen molar-refractivity contribution in [3.05, 3.63) is 24.3 Å². The van der Waals surface area contributed by atoms with Crippen LogP contribution in [0.2, 0.25) is 0 Å². The number of piperazine rings is 1. The molecule has 1 aromatic rings. The molecule has 0 aromatic heterocycles. The molecule has 1 saturated heterocycles. The Kier molecular flexibility index (Phi) is 6.19. The van der Waals surface area contributed by atoms with Crippen molar-refractivity contribution in [3.8, 4) is 5.75 Å². The molecular weight excluding hydrogens is 314 g/mol. The maximum Gasteiger partial charge on any atom is 0.237 e. The Morgan fingerprint density at radius 2 is 1.64 bits per heavy atom. The van der Waals surface area contributed by atoms with Gasteiger partial charge in [-0.3, -0.25) is 9.69 Å². The van der Waals surface area contributed by atoms with Gasteiger partial charge >= 0.3 is 0 Å². The molecule has 1 atom stereocenters. The highest BCUT2D eigenvalue weighted by atomic mass is 16.3. The van der Waals surface area contributed by atoms with E-state index in [0.717, 1.165) is 44.7 Å². The first-order valence-corrected chi connectivity index (χ1v) is 9.72. The van der Waals surface area contributed by atoms with E-state index in [9.17, 15) is 9.90 Å². The van der Waals surface area contributed by atoms with E-state index in [4.69, 9.17) is 0 Å². The number of phenolic OH excluding ortho intramolecular Hbond substituents is 1. The van der Waals surface area contributed by atoms with Crippen LogP contribution in [0.3, 0.4) is 0 Å². The molecule has 1 unspecified atom stereocenters. The van der Waals surface area contributed by atoms with Crippen LogP contribution in [0.4, 0.5) is 5.69 Å². The molecule has 5 nitrogen and oxygen atoms in total. The first kappa shape index (κ1) is 18.1. The molecule has 1 aromatic carbocycles. The van der Waals surface area contributed by atoms with Gasteiger partial charge in [-0.25, -0.2) is 0 Å². The number of carbonyl (C=O) groups is 1. The summed E-state index contributed by atoms with van der Waals surface area (Å²) in [6.45, 7) is 5.63. The van der Waals surface area contributed by atoms with E-state index >= 15 is 0 Å². The summed E-state index contributed by atoms with van der Waals surface area (Å²) >= 11 is 0. The van der Waals surface area contributed by atoms with Gasteiger partial charge < -0.3 is 15.3 Å². The van der Waals surface area contributed by atoms with Crippen molar-refractivity contribution >= 4 is 11.6 Å². The monoisotopic (exact) mass is 345 g/mol. The van der Waals surface area contributed by atoms with Crippen LogP contribution >= 0.6 is 0 Å². The molecule has 5 heteroatoms. The third kappa shape index (κ3) is 4.88. The van der Waals surface area contributed by atoms with Gasteiger partial charge in [0.15, 0.2) is 0 Å². The van der Waals surface area contributed by atoms with Crippen LogP contribution in [0.25, 0.3) is 0 Å². The number of benzene rings is 1. The fourth-order valence-electron chi connectivity index (χ4n) is 3.94. The molecular formula is C20H31N3O2. The van der Waals surface area contributed by atoms with Gasteiger partial charge in [-0.2, -0.15) is 0 Å². The number of nitrogens with zero attached hydrogens (tertiary/aromatic N) is 2. The Hall–Kier alpha value is -1.75. The lowest BCUT2D eigenvalue weighted by Gasteiger charge is -2.38. The Labute approximate surface area is 151 Å². The SMILES string of the molecule is CC(C(=O)NC1CCCCCC1)N1CCN(c2ccc(O)cc2)CC1. The smallest absolute Gasteiger partial charge is 0.237 e. The van der Waals surface area contributed by atoms with Crippen molar-refractivity contribution in [2.45, 2.75) is 57.5 Å². The predicted octanol–water partition coefficient (Wildman–Crippen LogP) is 2.74. The quantitative estimate of drug-likeness (QED) is 0.824. The van der Waals surface area contributed by atoms with E-state index in [0.29, 0.717) is 11.8 Å². The van der Waals surface area contributed by atoms with E-state index in [-0.39, 0.29) is 11.9 Å². The molecule has 1 heterocycles. The van der Waals surface area contributed by atoms with Gasteiger partial charge in [0.25, 0.3) is 0 Å². The number of hydrogen-bond donors (Lipinski definition) is 2. The second-order valence-corrected chi connectivity index (χ2v) is 7.41. The van der Waals surface area contributed by atoms with Gasteiger partial charge in [0.1, 0.15) is 5.75 Å². The topological polar surface area (TPSA) is 55.8 Å². The molecule has 25 heavy (non-hydrogen) atoms. The number of hydrogen-bond acceptors (Lipinski definition) is 4. The summed E-state index contributed by atoms with van der Waals surface area (Å²) in [6.07, 6.45) is 7.36. The van der Waals surface area contributed by atoms with Gasteiger partial charge in [0.2, 0.25) is 5.91 Å². The summed E-state index contributed by atoms with van der Waals surface area (Å²) in [7, 11) is 0. The number of anilines is 1. The van der Waals surface area contributed by atoms with Gasteiger partial charge in [-0.1, -0.05) is 25.7 Å². The zero-order valence-corrected chi connectivity index (χ0v) is 15.3. The third-order valence-corrected chi connectivity index (χ3v) is 5.66. The number of carbonyl (C=O) groups excluding carboxylic acids is 1. The second kappa shape index (κ2) is 8.56. The van der Waals surface area contributed by atoms with Crippen LogP contribution in [0, 0.1) is 0 Å². The molecule has 1 aliphatic heterocycles. The highest BCUT2D eigenvalue weighted by molar-refractivity contribution is 5.81. The number of amides is 1. The van der Waals surface area contributed by atoms with Crippen LogP contribution in [0.15, 0.2) is 24.3 Å². The van der Waals surface area contributed by atoms with Crippen molar-refractivity contribution in [3.63, 3.8) is 0 Å². The molecule has 2 fully saturated rings. The van der Waals surface area contributed by atoms with Crippen molar-refractivity contribution in [2.75, 3.05) is 31.1 Å². The normalized spacial score (nSPS) is 21.6. The standard InChI is InChI=1S/C20H31N3O2/c1-16(20(25)21-17-6-4-2-3-5-7-17)22-12-14-23(15-13-22)18-8-10-19(24)11-9-18/h8-11,16-17,24H,2-7,12-15H2,1H3,(H,21,25). The summed E-state index contributed by atoms with van der Waals surface area (Å²) in [5.74, 6) is 0.483. The number of aromatic hydroxyl groups is 1. The van der Waals surface area contributed by atoms with Crippen LogP contribution in [-0.4, -0.2) is 54.2 Å². The minimum absolute atomic E-state index is 0.0646. The first-order chi connectivity index (χ1) is 12.1. The Bertz CT molecular complexity index is 545.